The first-order valence-corrected chi connectivity index (χ1v) is 7.02. The van der Waals surface area contributed by atoms with Gasteiger partial charge in [0, 0.05) is 24.7 Å². The number of likely N-dealkylation sites (tertiary alicyclic amines) is 1. The van der Waals surface area contributed by atoms with Gasteiger partial charge in [0.2, 0.25) is 0 Å². The van der Waals surface area contributed by atoms with Crippen LogP contribution in [0.4, 0.5) is 5.69 Å². The molecule has 21 heavy (non-hydrogen) atoms. The SMILES string of the molecule is CNC1(C)CCN(C(=O)c2cc([N+](=O)[O-])cnc2Cl)CC1. The van der Waals surface area contributed by atoms with Gasteiger partial charge in [-0.25, -0.2) is 4.98 Å². The van der Waals surface area contributed by atoms with Crippen molar-refractivity contribution in [2.75, 3.05) is 20.1 Å². The van der Waals surface area contributed by atoms with Crippen LogP contribution >= 0.6 is 11.6 Å². The van der Waals surface area contributed by atoms with E-state index in [0.717, 1.165) is 19.0 Å². The average molecular weight is 313 g/mol. The summed E-state index contributed by atoms with van der Waals surface area (Å²) in [4.78, 5) is 28.0. The van der Waals surface area contributed by atoms with Gasteiger partial charge in [-0.3, -0.25) is 14.9 Å². The monoisotopic (exact) mass is 312 g/mol. The Bertz CT molecular complexity index is 571. The third kappa shape index (κ3) is 3.30. The summed E-state index contributed by atoms with van der Waals surface area (Å²) in [6.07, 6.45) is 2.68. The largest absolute Gasteiger partial charge is 0.338 e. The number of amides is 1. The Morgan fingerprint density at radius 3 is 2.67 bits per heavy atom. The predicted molar refractivity (Wildman–Crippen MR) is 78.5 cm³/mol. The molecule has 1 aromatic rings. The van der Waals surface area contributed by atoms with Crippen molar-refractivity contribution < 1.29 is 9.72 Å². The van der Waals surface area contributed by atoms with E-state index in [1.165, 1.54) is 6.07 Å². The first kappa shape index (κ1) is 15.7. The maximum atomic E-state index is 12.5. The number of nitro groups is 1. The molecule has 1 saturated heterocycles. The second kappa shape index (κ2) is 5.95. The lowest BCUT2D eigenvalue weighted by atomic mass is 9.89. The number of pyridine rings is 1. The van der Waals surface area contributed by atoms with Gasteiger partial charge in [-0.2, -0.15) is 0 Å². The first-order chi connectivity index (χ1) is 9.86. The quantitative estimate of drug-likeness (QED) is 0.523. The molecule has 0 radical (unpaired) electrons. The van der Waals surface area contributed by atoms with Crippen molar-refractivity contribution in [3.05, 3.63) is 33.1 Å². The zero-order chi connectivity index (χ0) is 15.6. The molecular formula is C13H17ClN4O3. The molecule has 2 heterocycles. The van der Waals surface area contributed by atoms with Crippen LogP contribution in [-0.4, -0.2) is 46.4 Å². The Morgan fingerprint density at radius 1 is 1.52 bits per heavy atom. The predicted octanol–water partition coefficient (Wildman–Crippen LogP) is 1.86. The van der Waals surface area contributed by atoms with Gasteiger partial charge in [-0.1, -0.05) is 11.6 Å². The molecule has 2 rings (SSSR count). The smallest absolute Gasteiger partial charge is 0.288 e. The Morgan fingerprint density at radius 2 is 2.14 bits per heavy atom. The molecule has 1 amide bonds. The van der Waals surface area contributed by atoms with Gasteiger partial charge in [-0.05, 0) is 26.8 Å². The molecule has 0 aromatic carbocycles. The number of carbonyl (C=O) groups excluding carboxylic acids is 1. The summed E-state index contributed by atoms with van der Waals surface area (Å²) in [6.45, 7) is 3.26. The van der Waals surface area contributed by atoms with E-state index in [1.807, 2.05) is 7.05 Å². The number of aromatic nitrogens is 1. The second-order valence-corrected chi connectivity index (χ2v) is 5.75. The van der Waals surface area contributed by atoms with Crippen LogP contribution in [0.1, 0.15) is 30.1 Å². The van der Waals surface area contributed by atoms with Gasteiger partial charge in [0.25, 0.3) is 11.6 Å². The fraction of sp³-hybridized carbons (Fsp3) is 0.538. The highest BCUT2D eigenvalue weighted by Crippen LogP contribution is 2.25. The van der Waals surface area contributed by atoms with Crippen LogP contribution in [0.3, 0.4) is 0 Å². The third-order valence-corrected chi connectivity index (χ3v) is 4.32. The summed E-state index contributed by atoms with van der Waals surface area (Å²) in [5.74, 6) is -0.311. The molecule has 0 saturated carbocycles. The normalized spacial score (nSPS) is 17.6. The first-order valence-electron chi connectivity index (χ1n) is 6.64. The van der Waals surface area contributed by atoms with Crippen molar-refractivity contribution >= 4 is 23.2 Å². The second-order valence-electron chi connectivity index (χ2n) is 5.39. The van der Waals surface area contributed by atoms with Crippen LogP contribution in [0.2, 0.25) is 5.15 Å². The fourth-order valence-electron chi connectivity index (χ4n) is 2.31. The zero-order valence-corrected chi connectivity index (χ0v) is 12.7. The molecule has 8 heteroatoms. The average Bonchev–Trinajstić information content (AvgIpc) is 2.47. The lowest BCUT2D eigenvalue weighted by molar-refractivity contribution is -0.385. The van der Waals surface area contributed by atoms with Gasteiger partial charge in [0.05, 0.1) is 10.5 Å². The van der Waals surface area contributed by atoms with Gasteiger partial charge >= 0.3 is 0 Å². The van der Waals surface area contributed by atoms with Crippen LogP contribution in [0.5, 0.6) is 0 Å². The highest BCUT2D eigenvalue weighted by atomic mass is 35.5. The van der Waals surface area contributed by atoms with Crippen molar-refractivity contribution in [2.45, 2.75) is 25.3 Å². The van der Waals surface area contributed by atoms with E-state index in [0.29, 0.717) is 13.1 Å². The topological polar surface area (TPSA) is 88.4 Å². The molecular weight excluding hydrogens is 296 g/mol. The minimum Gasteiger partial charge on any atom is -0.338 e. The van der Waals surface area contributed by atoms with Crippen LogP contribution in [0.25, 0.3) is 0 Å². The van der Waals surface area contributed by atoms with Gasteiger partial charge in [0.1, 0.15) is 11.3 Å². The summed E-state index contributed by atoms with van der Waals surface area (Å²) in [7, 11) is 1.90. The fourth-order valence-corrected chi connectivity index (χ4v) is 2.49. The standard InChI is InChI=1S/C13H17ClN4O3/c1-13(15-2)3-5-17(6-4-13)12(19)10-7-9(18(20)21)8-16-11(10)14/h7-8,15H,3-6H2,1-2H3. The summed E-state index contributed by atoms with van der Waals surface area (Å²) < 4.78 is 0. The van der Waals surface area contributed by atoms with E-state index < -0.39 is 4.92 Å². The lowest BCUT2D eigenvalue weighted by Crippen LogP contribution is -2.51. The number of carbonyl (C=O) groups is 1. The lowest BCUT2D eigenvalue weighted by Gasteiger charge is -2.39. The number of halogens is 1. The van der Waals surface area contributed by atoms with Crippen LogP contribution < -0.4 is 5.32 Å². The van der Waals surface area contributed by atoms with Gasteiger partial charge < -0.3 is 10.2 Å². The van der Waals surface area contributed by atoms with Crippen LogP contribution in [0.15, 0.2) is 12.3 Å². The Hall–Kier alpha value is -1.73. The summed E-state index contributed by atoms with van der Waals surface area (Å²) in [5, 5.41) is 14.0. The number of rotatable bonds is 3. The van der Waals surface area contributed by atoms with E-state index in [9.17, 15) is 14.9 Å². The Kier molecular flexibility index (Phi) is 4.43. The molecule has 1 aliphatic rings. The number of nitrogens with one attached hydrogen (secondary N) is 1. The van der Waals surface area contributed by atoms with E-state index in [1.54, 1.807) is 4.90 Å². The van der Waals surface area contributed by atoms with E-state index in [4.69, 9.17) is 11.6 Å². The van der Waals surface area contributed by atoms with E-state index >= 15 is 0 Å². The molecule has 1 aliphatic heterocycles. The maximum Gasteiger partial charge on any atom is 0.288 e. The highest BCUT2D eigenvalue weighted by Gasteiger charge is 2.32. The summed E-state index contributed by atoms with van der Waals surface area (Å²) in [6, 6.07) is 1.18. The molecule has 1 fully saturated rings. The molecule has 0 aliphatic carbocycles. The van der Waals surface area contributed by atoms with Crippen LogP contribution in [-0.2, 0) is 0 Å². The number of nitrogens with zero attached hydrogens (tertiary/aromatic N) is 3. The van der Waals surface area contributed by atoms with Crippen molar-refractivity contribution in [2.24, 2.45) is 0 Å². The zero-order valence-electron chi connectivity index (χ0n) is 11.9. The number of hydrogen-bond acceptors (Lipinski definition) is 5. The maximum absolute atomic E-state index is 12.5. The minimum absolute atomic E-state index is 0.00690. The molecule has 114 valence electrons. The van der Waals surface area contributed by atoms with Gasteiger partial charge in [0.15, 0.2) is 0 Å². The van der Waals surface area contributed by atoms with Crippen molar-refractivity contribution in [3.63, 3.8) is 0 Å². The Labute approximate surface area is 127 Å². The van der Waals surface area contributed by atoms with Crippen LogP contribution in [0, 0.1) is 10.1 Å². The van der Waals surface area contributed by atoms with Crippen molar-refractivity contribution in [1.82, 2.24) is 15.2 Å². The third-order valence-electron chi connectivity index (χ3n) is 4.02. The molecule has 0 atom stereocenters. The summed E-state index contributed by atoms with van der Waals surface area (Å²) in [5.41, 5.74) is -0.139. The van der Waals surface area contributed by atoms with E-state index in [2.05, 4.69) is 17.2 Å². The molecule has 0 bridgehead atoms. The number of hydrogen-bond donors (Lipinski definition) is 1. The van der Waals surface area contributed by atoms with Crippen molar-refractivity contribution in [1.29, 1.82) is 0 Å². The molecule has 0 unspecified atom stereocenters. The molecule has 1 N–H and O–H groups in total. The van der Waals surface area contributed by atoms with E-state index in [-0.39, 0.29) is 27.9 Å². The van der Waals surface area contributed by atoms with Gasteiger partial charge in [-0.15, -0.1) is 0 Å². The highest BCUT2D eigenvalue weighted by molar-refractivity contribution is 6.32. The molecule has 1 aromatic heterocycles. The minimum atomic E-state index is -0.589. The molecule has 0 spiro atoms. The number of piperidine rings is 1. The Balaban J connectivity index is 2.18. The van der Waals surface area contributed by atoms with Crippen molar-refractivity contribution in [3.8, 4) is 0 Å². The molecule has 7 nitrogen and oxygen atoms in total. The summed E-state index contributed by atoms with van der Waals surface area (Å²) >= 11 is 5.90.